The van der Waals surface area contributed by atoms with Crippen LogP contribution in [0.15, 0.2) is 6.07 Å². The van der Waals surface area contributed by atoms with Crippen LogP contribution in [0.5, 0.6) is 0 Å². The summed E-state index contributed by atoms with van der Waals surface area (Å²) >= 11 is 7.49. The maximum atomic E-state index is 12.8. The summed E-state index contributed by atoms with van der Waals surface area (Å²) in [6.45, 7) is 1.86. The van der Waals surface area contributed by atoms with Gasteiger partial charge in [0, 0.05) is 0 Å². The van der Waals surface area contributed by atoms with Crippen LogP contribution in [0.3, 0.4) is 0 Å². The van der Waals surface area contributed by atoms with Gasteiger partial charge in [0.1, 0.15) is 8.85 Å². The number of esters is 1. The van der Waals surface area contributed by atoms with Crippen molar-refractivity contribution in [1.82, 2.24) is 4.98 Å². The minimum Gasteiger partial charge on any atom is -0.466 e. The van der Waals surface area contributed by atoms with Gasteiger partial charge in [0.25, 0.3) is 6.43 Å². The predicted octanol–water partition coefficient (Wildman–Crippen LogP) is 3.38. The Morgan fingerprint density at radius 1 is 1.65 bits per heavy atom. The lowest BCUT2D eigenvalue weighted by Crippen LogP contribution is -2.10. The summed E-state index contributed by atoms with van der Waals surface area (Å²) in [5.74, 6) is -0.563. The highest BCUT2D eigenvalue weighted by Crippen LogP contribution is 2.30. The molecule has 0 saturated heterocycles. The molecule has 17 heavy (non-hydrogen) atoms. The molecule has 0 aromatic carbocycles. The number of aromatic nitrogens is 1. The molecule has 0 spiro atoms. The number of carbonyl (C=O) groups excluding carboxylic acids is 1. The van der Waals surface area contributed by atoms with E-state index in [1.54, 1.807) is 6.92 Å². The van der Waals surface area contributed by atoms with Crippen molar-refractivity contribution in [3.63, 3.8) is 0 Å². The number of pyridine rings is 1. The average molecular weight is 376 g/mol. The molecule has 0 aliphatic rings. The van der Waals surface area contributed by atoms with Crippen LogP contribution < -0.4 is 0 Å². The zero-order chi connectivity index (χ0) is 13.0. The highest BCUT2D eigenvalue weighted by Gasteiger charge is 2.21. The Labute approximate surface area is 116 Å². The van der Waals surface area contributed by atoms with Gasteiger partial charge in [0.05, 0.1) is 18.6 Å². The second-order valence-corrected chi connectivity index (χ2v) is 4.55. The van der Waals surface area contributed by atoms with Gasteiger partial charge in [-0.2, -0.15) is 0 Å². The van der Waals surface area contributed by atoms with Gasteiger partial charge in [-0.05, 0) is 41.1 Å². The zero-order valence-electron chi connectivity index (χ0n) is 8.84. The van der Waals surface area contributed by atoms with E-state index in [1.165, 1.54) is 6.07 Å². The SMILES string of the molecule is CCOC(=O)Cc1cc(I)nc(Cl)c1C(F)F. The largest absolute Gasteiger partial charge is 0.466 e. The Balaban J connectivity index is 3.08. The number of halogens is 4. The van der Waals surface area contributed by atoms with E-state index in [2.05, 4.69) is 4.98 Å². The third-order valence-corrected chi connectivity index (χ3v) is 2.77. The zero-order valence-corrected chi connectivity index (χ0v) is 11.8. The summed E-state index contributed by atoms with van der Waals surface area (Å²) < 4.78 is 30.7. The molecule has 0 aliphatic heterocycles. The standard InChI is InChI=1S/C10H9ClF2INO2/c1-2-17-7(16)4-5-3-6(14)15-9(11)8(5)10(12)13/h3,10H,2,4H2,1H3. The van der Waals surface area contributed by atoms with Gasteiger partial charge in [-0.25, -0.2) is 13.8 Å². The molecule has 7 heteroatoms. The van der Waals surface area contributed by atoms with E-state index in [0.29, 0.717) is 3.70 Å². The van der Waals surface area contributed by atoms with E-state index in [1.807, 2.05) is 22.6 Å². The van der Waals surface area contributed by atoms with Crippen LogP contribution >= 0.6 is 34.2 Å². The normalized spacial score (nSPS) is 10.7. The van der Waals surface area contributed by atoms with Crippen LogP contribution in [0.4, 0.5) is 8.78 Å². The van der Waals surface area contributed by atoms with E-state index < -0.39 is 18.0 Å². The molecule has 0 N–H and O–H groups in total. The van der Waals surface area contributed by atoms with Gasteiger partial charge in [-0.1, -0.05) is 11.6 Å². The minimum atomic E-state index is -2.77. The molecule has 0 fully saturated rings. The van der Waals surface area contributed by atoms with Gasteiger partial charge in [0.15, 0.2) is 0 Å². The van der Waals surface area contributed by atoms with Gasteiger partial charge >= 0.3 is 5.97 Å². The summed E-state index contributed by atoms with van der Waals surface area (Å²) in [6.07, 6.45) is -3.00. The number of alkyl halides is 2. The first-order valence-electron chi connectivity index (χ1n) is 4.74. The van der Waals surface area contributed by atoms with Crippen molar-refractivity contribution in [2.75, 3.05) is 6.61 Å². The van der Waals surface area contributed by atoms with E-state index in [4.69, 9.17) is 16.3 Å². The molecule has 0 atom stereocenters. The fraction of sp³-hybridized carbons (Fsp3) is 0.400. The first-order valence-corrected chi connectivity index (χ1v) is 6.20. The van der Waals surface area contributed by atoms with Crippen LogP contribution in [0.2, 0.25) is 5.15 Å². The molecular weight excluding hydrogens is 366 g/mol. The highest BCUT2D eigenvalue weighted by molar-refractivity contribution is 14.1. The molecule has 0 radical (unpaired) electrons. The summed E-state index contributed by atoms with van der Waals surface area (Å²) in [5, 5.41) is -0.272. The fourth-order valence-electron chi connectivity index (χ4n) is 1.28. The van der Waals surface area contributed by atoms with Crippen molar-refractivity contribution in [3.05, 3.63) is 26.0 Å². The number of ether oxygens (including phenoxy) is 1. The maximum absolute atomic E-state index is 12.8. The fourth-order valence-corrected chi connectivity index (χ4v) is 2.34. The molecule has 94 valence electrons. The smallest absolute Gasteiger partial charge is 0.310 e. The molecule has 1 rings (SSSR count). The van der Waals surface area contributed by atoms with Crippen molar-refractivity contribution in [3.8, 4) is 0 Å². The molecular formula is C10H9ClF2INO2. The number of rotatable bonds is 4. The first kappa shape index (κ1) is 14.6. The molecule has 1 aromatic rings. The van der Waals surface area contributed by atoms with Crippen LogP contribution in [0.25, 0.3) is 0 Å². The molecule has 0 amide bonds. The molecule has 0 bridgehead atoms. The van der Waals surface area contributed by atoms with Gasteiger partial charge in [-0.15, -0.1) is 0 Å². The quantitative estimate of drug-likeness (QED) is 0.460. The van der Waals surface area contributed by atoms with Gasteiger partial charge < -0.3 is 4.74 Å². The molecule has 1 aromatic heterocycles. The van der Waals surface area contributed by atoms with Gasteiger partial charge in [-0.3, -0.25) is 4.79 Å². The van der Waals surface area contributed by atoms with E-state index in [-0.39, 0.29) is 23.7 Å². The predicted molar refractivity (Wildman–Crippen MR) is 67.3 cm³/mol. The Kier molecular flexibility index (Phi) is 5.51. The molecule has 0 unspecified atom stereocenters. The Bertz CT molecular complexity index is 429. The third kappa shape index (κ3) is 4.02. The lowest BCUT2D eigenvalue weighted by Gasteiger charge is -2.10. The van der Waals surface area contributed by atoms with Crippen LogP contribution in [0.1, 0.15) is 24.5 Å². The number of hydrogen-bond donors (Lipinski definition) is 0. The topological polar surface area (TPSA) is 39.2 Å². The minimum absolute atomic E-state index is 0.155. The molecule has 0 saturated carbocycles. The van der Waals surface area contributed by atoms with Crippen molar-refractivity contribution >= 4 is 40.2 Å². The maximum Gasteiger partial charge on any atom is 0.310 e. The van der Waals surface area contributed by atoms with Crippen molar-refractivity contribution in [2.24, 2.45) is 0 Å². The Morgan fingerprint density at radius 2 is 2.29 bits per heavy atom. The molecule has 3 nitrogen and oxygen atoms in total. The van der Waals surface area contributed by atoms with Crippen LogP contribution in [-0.2, 0) is 16.0 Å². The average Bonchev–Trinajstić information content (AvgIpc) is 2.15. The first-order chi connectivity index (χ1) is 7.95. The highest BCUT2D eigenvalue weighted by atomic mass is 127. The van der Waals surface area contributed by atoms with E-state index >= 15 is 0 Å². The monoisotopic (exact) mass is 375 g/mol. The molecule has 0 aliphatic carbocycles. The van der Waals surface area contributed by atoms with Gasteiger partial charge in [0.2, 0.25) is 0 Å². The van der Waals surface area contributed by atoms with Crippen LogP contribution in [-0.4, -0.2) is 17.6 Å². The second-order valence-electron chi connectivity index (χ2n) is 3.09. The lowest BCUT2D eigenvalue weighted by atomic mass is 10.1. The van der Waals surface area contributed by atoms with E-state index in [0.717, 1.165) is 0 Å². The third-order valence-electron chi connectivity index (χ3n) is 1.92. The Morgan fingerprint density at radius 3 is 2.82 bits per heavy atom. The second kappa shape index (κ2) is 6.44. The van der Waals surface area contributed by atoms with Crippen molar-refractivity contribution in [2.45, 2.75) is 19.8 Å². The number of hydrogen-bond acceptors (Lipinski definition) is 3. The summed E-state index contributed by atoms with van der Waals surface area (Å²) in [7, 11) is 0. The van der Waals surface area contributed by atoms with Crippen molar-refractivity contribution in [1.29, 1.82) is 0 Å². The summed E-state index contributed by atoms with van der Waals surface area (Å²) in [5.41, 5.74) is -0.247. The van der Waals surface area contributed by atoms with E-state index in [9.17, 15) is 13.6 Å². The van der Waals surface area contributed by atoms with Crippen molar-refractivity contribution < 1.29 is 18.3 Å². The number of nitrogens with zero attached hydrogens (tertiary/aromatic N) is 1. The number of carbonyl (C=O) groups is 1. The molecule has 1 heterocycles. The summed E-state index contributed by atoms with van der Waals surface area (Å²) in [6, 6.07) is 1.41. The lowest BCUT2D eigenvalue weighted by molar-refractivity contribution is -0.142. The summed E-state index contributed by atoms with van der Waals surface area (Å²) in [4.78, 5) is 15.0. The Hall–Kier alpha value is -0.500. The van der Waals surface area contributed by atoms with Crippen LogP contribution in [0, 0.1) is 3.70 Å².